The average molecular weight is 308 g/mol. The topological polar surface area (TPSA) is 54.2 Å². The maximum atomic E-state index is 9.75. The molecular weight excluding hydrogens is 288 g/mol. The first-order valence-electron chi connectivity index (χ1n) is 7.98. The fourth-order valence-electron chi connectivity index (χ4n) is 3.47. The van der Waals surface area contributed by atoms with Crippen LogP contribution in [0.3, 0.4) is 0 Å². The normalized spacial score (nSPS) is 18.0. The fraction of sp³-hybridized carbons (Fsp3) is 0.333. The predicted molar refractivity (Wildman–Crippen MR) is 90.4 cm³/mol. The van der Waals surface area contributed by atoms with Crippen molar-refractivity contribution in [1.82, 2.24) is 14.5 Å². The molecular formula is C18H20N4O. The first-order chi connectivity index (χ1) is 11.3. The Morgan fingerprint density at radius 2 is 2.17 bits per heavy atom. The summed E-state index contributed by atoms with van der Waals surface area (Å²) in [6.07, 6.45) is 4.90. The number of pyridine rings is 1. The van der Waals surface area contributed by atoms with Crippen LogP contribution in [0.15, 0.2) is 42.7 Å². The highest BCUT2D eigenvalue weighted by Crippen LogP contribution is 2.32. The van der Waals surface area contributed by atoms with Gasteiger partial charge >= 0.3 is 0 Å². The maximum absolute atomic E-state index is 9.75. The number of hydrogen-bond donors (Lipinski definition) is 1. The van der Waals surface area contributed by atoms with Crippen LogP contribution >= 0.6 is 0 Å². The minimum atomic E-state index is 0.0107. The Morgan fingerprint density at radius 1 is 1.30 bits per heavy atom. The van der Waals surface area contributed by atoms with Gasteiger partial charge in [0, 0.05) is 49.4 Å². The third-order valence-corrected chi connectivity index (χ3v) is 4.66. The van der Waals surface area contributed by atoms with E-state index < -0.39 is 0 Å². The minimum absolute atomic E-state index is 0.0107. The number of fused-ring (bicyclic) bond motifs is 1. The van der Waals surface area contributed by atoms with Crippen molar-refractivity contribution in [1.29, 1.82) is 0 Å². The number of nitrogens with zero attached hydrogens (tertiary/aromatic N) is 4. The molecule has 3 aromatic rings. The molecule has 1 aromatic carbocycles. The van der Waals surface area contributed by atoms with Gasteiger partial charge in [0.2, 0.25) is 0 Å². The second-order valence-corrected chi connectivity index (χ2v) is 6.15. The zero-order valence-corrected chi connectivity index (χ0v) is 13.2. The summed E-state index contributed by atoms with van der Waals surface area (Å²) in [6.45, 7) is 1.84. The minimum Gasteiger partial charge on any atom is -0.392 e. The molecule has 0 spiro atoms. The van der Waals surface area contributed by atoms with E-state index in [2.05, 4.69) is 14.5 Å². The van der Waals surface area contributed by atoms with Crippen LogP contribution in [-0.4, -0.2) is 32.7 Å². The number of imidazole rings is 1. The van der Waals surface area contributed by atoms with E-state index in [1.807, 2.05) is 49.8 Å². The maximum Gasteiger partial charge on any atom is 0.134 e. The quantitative estimate of drug-likeness (QED) is 0.807. The molecule has 5 nitrogen and oxygen atoms in total. The molecule has 4 rings (SSSR count). The Kier molecular flexibility index (Phi) is 3.50. The molecule has 23 heavy (non-hydrogen) atoms. The molecule has 0 saturated carbocycles. The zero-order chi connectivity index (χ0) is 15.8. The molecule has 0 aliphatic carbocycles. The molecule has 5 heteroatoms. The predicted octanol–water partition coefficient (Wildman–Crippen LogP) is 2.45. The standard InChI is InChI=1S/C18H20N4O/c1-21-9-7-19-17(21)14-6-8-22(11-14)18-15(12-23)10-13-4-2-3-5-16(13)20-18/h2-5,7,9-10,14,23H,6,8,11-12H2,1H3. The number of hydrogen-bond acceptors (Lipinski definition) is 4. The fourth-order valence-corrected chi connectivity index (χ4v) is 3.47. The van der Waals surface area contributed by atoms with E-state index in [0.29, 0.717) is 5.92 Å². The van der Waals surface area contributed by atoms with Gasteiger partial charge in [0.05, 0.1) is 12.1 Å². The van der Waals surface area contributed by atoms with Crippen LogP contribution in [-0.2, 0) is 13.7 Å². The lowest BCUT2D eigenvalue weighted by atomic mass is 10.1. The van der Waals surface area contributed by atoms with Crippen LogP contribution < -0.4 is 4.90 Å². The van der Waals surface area contributed by atoms with Gasteiger partial charge in [-0.25, -0.2) is 9.97 Å². The van der Waals surface area contributed by atoms with Crippen LogP contribution in [0.4, 0.5) is 5.82 Å². The Morgan fingerprint density at radius 3 is 2.96 bits per heavy atom. The van der Waals surface area contributed by atoms with Gasteiger partial charge in [0.1, 0.15) is 11.6 Å². The van der Waals surface area contributed by atoms with Crippen LogP contribution in [0.25, 0.3) is 10.9 Å². The number of anilines is 1. The molecule has 1 aliphatic rings. The molecule has 1 unspecified atom stereocenters. The first-order valence-corrected chi connectivity index (χ1v) is 7.98. The highest BCUT2D eigenvalue weighted by atomic mass is 16.3. The van der Waals surface area contributed by atoms with Gasteiger partial charge in [0.25, 0.3) is 0 Å². The van der Waals surface area contributed by atoms with Crippen molar-refractivity contribution in [3.63, 3.8) is 0 Å². The van der Waals surface area contributed by atoms with Crippen LogP contribution in [0.5, 0.6) is 0 Å². The van der Waals surface area contributed by atoms with Gasteiger partial charge in [0.15, 0.2) is 0 Å². The van der Waals surface area contributed by atoms with Crippen LogP contribution in [0.1, 0.15) is 23.7 Å². The van der Waals surface area contributed by atoms with Crippen molar-refractivity contribution in [3.8, 4) is 0 Å². The van der Waals surface area contributed by atoms with Gasteiger partial charge in [-0.05, 0) is 18.6 Å². The summed E-state index contributed by atoms with van der Waals surface area (Å²) in [7, 11) is 2.04. The molecule has 1 aliphatic heterocycles. The van der Waals surface area contributed by atoms with Crippen molar-refractivity contribution < 1.29 is 5.11 Å². The molecule has 2 aromatic heterocycles. The lowest BCUT2D eigenvalue weighted by Gasteiger charge is -2.21. The SMILES string of the molecule is Cn1ccnc1C1CCN(c2nc3ccccc3cc2CO)C1. The van der Waals surface area contributed by atoms with Crippen molar-refractivity contribution in [2.45, 2.75) is 18.9 Å². The van der Waals surface area contributed by atoms with E-state index in [4.69, 9.17) is 4.98 Å². The summed E-state index contributed by atoms with van der Waals surface area (Å²) in [5.41, 5.74) is 1.87. The van der Waals surface area contributed by atoms with Crippen molar-refractivity contribution in [2.75, 3.05) is 18.0 Å². The van der Waals surface area contributed by atoms with E-state index in [0.717, 1.165) is 47.6 Å². The number of benzene rings is 1. The lowest BCUT2D eigenvalue weighted by molar-refractivity contribution is 0.282. The smallest absolute Gasteiger partial charge is 0.134 e. The summed E-state index contributed by atoms with van der Waals surface area (Å²) in [6, 6.07) is 10.1. The van der Waals surface area contributed by atoms with E-state index in [-0.39, 0.29) is 6.61 Å². The molecule has 1 saturated heterocycles. The van der Waals surface area contributed by atoms with Gasteiger partial charge < -0.3 is 14.6 Å². The average Bonchev–Trinajstić information content (AvgIpc) is 3.22. The molecule has 0 bridgehead atoms. The zero-order valence-electron chi connectivity index (χ0n) is 13.2. The Balaban J connectivity index is 1.68. The number of aliphatic hydroxyl groups excluding tert-OH is 1. The molecule has 118 valence electrons. The molecule has 0 radical (unpaired) electrons. The van der Waals surface area contributed by atoms with Crippen LogP contribution in [0.2, 0.25) is 0 Å². The van der Waals surface area contributed by atoms with E-state index in [9.17, 15) is 5.11 Å². The molecule has 1 N–H and O–H groups in total. The van der Waals surface area contributed by atoms with Crippen molar-refractivity contribution in [2.24, 2.45) is 7.05 Å². The van der Waals surface area contributed by atoms with Gasteiger partial charge in [-0.2, -0.15) is 0 Å². The second kappa shape index (κ2) is 5.66. The third-order valence-electron chi connectivity index (χ3n) is 4.66. The largest absolute Gasteiger partial charge is 0.392 e. The monoisotopic (exact) mass is 308 g/mol. The number of para-hydroxylation sites is 1. The lowest BCUT2D eigenvalue weighted by Crippen LogP contribution is -2.22. The second-order valence-electron chi connectivity index (χ2n) is 6.15. The van der Waals surface area contributed by atoms with E-state index in [1.54, 1.807) is 0 Å². The Hall–Kier alpha value is -2.40. The highest BCUT2D eigenvalue weighted by Gasteiger charge is 2.28. The van der Waals surface area contributed by atoms with E-state index in [1.165, 1.54) is 0 Å². The summed E-state index contributed by atoms with van der Waals surface area (Å²) >= 11 is 0. The highest BCUT2D eigenvalue weighted by molar-refractivity contribution is 5.81. The number of aromatic nitrogens is 3. The summed E-state index contributed by atoms with van der Waals surface area (Å²) < 4.78 is 2.09. The molecule has 1 atom stereocenters. The molecule has 1 fully saturated rings. The van der Waals surface area contributed by atoms with Crippen molar-refractivity contribution in [3.05, 3.63) is 54.1 Å². The Bertz CT molecular complexity index is 842. The van der Waals surface area contributed by atoms with Gasteiger partial charge in [-0.15, -0.1) is 0 Å². The number of rotatable bonds is 3. The number of aryl methyl sites for hydroxylation is 1. The van der Waals surface area contributed by atoms with E-state index >= 15 is 0 Å². The third kappa shape index (κ3) is 2.47. The summed E-state index contributed by atoms with van der Waals surface area (Å²) in [5.74, 6) is 2.44. The molecule has 0 amide bonds. The van der Waals surface area contributed by atoms with Gasteiger partial charge in [-0.1, -0.05) is 18.2 Å². The van der Waals surface area contributed by atoms with Crippen LogP contribution in [0, 0.1) is 0 Å². The summed E-state index contributed by atoms with van der Waals surface area (Å²) in [4.78, 5) is 11.6. The number of aliphatic hydroxyl groups is 1. The first kappa shape index (κ1) is 14.2. The Labute approximate surface area is 135 Å². The van der Waals surface area contributed by atoms with Gasteiger partial charge in [-0.3, -0.25) is 0 Å². The molecule has 3 heterocycles. The summed E-state index contributed by atoms with van der Waals surface area (Å²) in [5, 5.41) is 10.8. The van der Waals surface area contributed by atoms with Crippen molar-refractivity contribution >= 4 is 16.7 Å².